The lowest BCUT2D eigenvalue weighted by Gasteiger charge is -2.21. The van der Waals surface area contributed by atoms with Crippen molar-refractivity contribution >= 4 is 5.78 Å². The minimum absolute atomic E-state index is 0.171. The molecule has 1 fully saturated rings. The smallest absolute Gasteiger partial charge is 0.159 e. The normalized spacial score (nSPS) is 17.0. The quantitative estimate of drug-likeness (QED) is 0.700. The van der Waals surface area contributed by atoms with Crippen molar-refractivity contribution in [1.29, 1.82) is 0 Å². The van der Waals surface area contributed by atoms with Gasteiger partial charge in [-0.15, -0.1) is 0 Å². The van der Waals surface area contributed by atoms with Gasteiger partial charge in [-0.3, -0.25) is 4.79 Å². The highest BCUT2D eigenvalue weighted by Gasteiger charge is 2.13. The van der Waals surface area contributed by atoms with Gasteiger partial charge in [-0.25, -0.2) is 0 Å². The van der Waals surface area contributed by atoms with Crippen molar-refractivity contribution in [2.75, 3.05) is 0 Å². The zero-order valence-electron chi connectivity index (χ0n) is 10.7. The Morgan fingerprint density at radius 1 is 1.24 bits per heavy atom. The van der Waals surface area contributed by atoms with E-state index in [0.29, 0.717) is 0 Å². The van der Waals surface area contributed by atoms with E-state index in [9.17, 15) is 4.79 Å². The van der Waals surface area contributed by atoms with Gasteiger partial charge in [0.05, 0.1) is 0 Å². The molecule has 0 radical (unpaired) electrons. The van der Waals surface area contributed by atoms with Crippen LogP contribution in [0.25, 0.3) is 0 Å². The second-order valence-corrected chi connectivity index (χ2v) is 5.30. The van der Waals surface area contributed by atoms with Gasteiger partial charge in [0.25, 0.3) is 0 Å². The van der Waals surface area contributed by atoms with E-state index < -0.39 is 0 Å². The SMILES string of the molecule is CC(=O)c1cccc(CCC2CCCCC2)c1. The summed E-state index contributed by atoms with van der Waals surface area (Å²) in [6.07, 6.45) is 9.50. The maximum absolute atomic E-state index is 11.3. The summed E-state index contributed by atoms with van der Waals surface area (Å²) in [5.74, 6) is 1.09. The first kappa shape index (κ1) is 12.3. The summed E-state index contributed by atoms with van der Waals surface area (Å²) in [7, 11) is 0. The Labute approximate surface area is 104 Å². The maximum Gasteiger partial charge on any atom is 0.159 e. The van der Waals surface area contributed by atoms with Crippen molar-refractivity contribution in [2.24, 2.45) is 5.92 Å². The van der Waals surface area contributed by atoms with Crippen molar-refractivity contribution in [2.45, 2.75) is 51.9 Å². The monoisotopic (exact) mass is 230 g/mol. The molecule has 0 unspecified atom stereocenters. The van der Waals surface area contributed by atoms with E-state index in [4.69, 9.17) is 0 Å². The third kappa shape index (κ3) is 3.69. The van der Waals surface area contributed by atoms with Gasteiger partial charge in [-0.1, -0.05) is 50.3 Å². The highest BCUT2D eigenvalue weighted by atomic mass is 16.1. The van der Waals surface area contributed by atoms with Crippen LogP contribution in [-0.4, -0.2) is 5.78 Å². The molecule has 0 aliphatic heterocycles. The van der Waals surface area contributed by atoms with E-state index in [-0.39, 0.29) is 5.78 Å². The molecule has 92 valence electrons. The van der Waals surface area contributed by atoms with E-state index in [1.807, 2.05) is 12.1 Å². The lowest BCUT2D eigenvalue weighted by molar-refractivity contribution is 0.101. The predicted molar refractivity (Wildman–Crippen MR) is 71.3 cm³/mol. The van der Waals surface area contributed by atoms with Crippen LogP contribution >= 0.6 is 0 Å². The molecule has 1 aromatic rings. The molecule has 2 rings (SSSR count). The first-order valence-electron chi connectivity index (χ1n) is 6.85. The fraction of sp³-hybridized carbons (Fsp3) is 0.562. The van der Waals surface area contributed by atoms with Gasteiger partial charge < -0.3 is 0 Å². The van der Waals surface area contributed by atoms with Crippen LogP contribution in [0.15, 0.2) is 24.3 Å². The Kier molecular flexibility index (Phi) is 4.36. The van der Waals surface area contributed by atoms with Crippen LogP contribution in [0.2, 0.25) is 0 Å². The summed E-state index contributed by atoms with van der Waals surface area (Å²) in [5, 5.41) is 0. The lowest BCUT2D eigenvalue weighted by atomic mass is 9.85. The van der Waals surface area contributed by atoms with Gasteiger partial charge in [0.2, 0.25) is 0 Å². The summed E-state index contributed by atoms with van der Waals surface area (Å²) >= 11 is 0. The van der Waals surface area contributed by atoms with Gasteiger partial charge in [-0.2, -0.15) is 0 Å². The fourth-order valence-electron chi connectivity index (χ4n) is 2.79. The number of aryl methyl sites for hydroxylation is 1. The van der Waals surface area contributed by atoms with Crippen LogP contribution in [0.4, 0.5) is 0 Å². The third-order valence-electron chi connectivity index (χ3n) is 3.90. The molecule has 1 saturated carbocycles. The van der Waals surface area contributed by atoms with Crippen LogP contribution in [-0.2, 0) is 6.42 Å². The Morgan fingerprint density at radius 3 is 2.71 bits per heavy atom. The Balaban J connectivity index is 1.89. The molecule has 0 heterocycles. The molecule has 1 nitrogen and oxygen atoms in total. The van der Waals surface area contributed by atoms with Crippen LogP contribution in [0.3, 0.4) is 0 Å². The zero-order valence-corrected chi connectivity index (χ0v) is 10.7. The number of carbonyl (C=O) groups is 1. The molecule has 0 aromatic heterocycles. The van der Waals surface area contributed by atoms with Crippen LogP contribution < -0.4 is 0 Å². The molecule has 1 aromatic carbocycles. The molecule has 0 atom stereocenters. The number of rotatable bonds is 4. The van der Waals surface area contributed by atoms with E-state index in [1.165, 1.54) is 44.1 Å². The van der Waals surface area contributed by atoms with E-state index in [1.54, 1.807) is 6.92 Å². The minimum Gasteiger partial charge on any atom is -0.295 e. The minimum atomic E-state index is 0.171. The molecule has 0 N–H and O–H groups in total. The van der Waals surface area contributed by atoms with Gasteiger partial charge in [-0.05, 0) is 37.3 Å². The third-order valence-corrected chi connectivity index (χ3v) is 3.90. The predicted octanol–water partition coefficient (Wildman–Crippen LogP) is 4.40. The van der Waals surface area contributed by atoms with Crippen LogP contribution in [0.5, 0.6) is 0 Å². The number of carbonyl (C=O) groups excluding carboxylic acids is 1. The average molecular weight is 230 g/mol. The molecule has 0 bridgehead atoms. The Morgan fingerprint density at radius 2 is 2.00 bits per heavy atom. The summed E-state index contributed by atoms with van der Waals surface area (Å²) < 4.78 is 0. The van der Waals surface area contributed by atoms with Crippen molar-refractivity contribution < 1.29 is 4.79 Å². The topological polar surface area (TPSA) is 17.1 Å². The summed E-state index contributed by atoms with van der Waals surface area (Å²) in [5.41, 5.74) is 2.18. The first-order valence-corrected chi connectivity index (χ1v) is 6.85. The molecule has 1 aliphatic rings. The Hall–Kier alpha value is -1.11. The molecular formula is C16H22O. The summed E-state index contributed by atoms with van der Waals surface area (Å²) in [4.78, 5) is 11.3. The molecular weight excluding hydrogens is 208 g/mol. The molecule has 0 amide bonds. The van der Waals surface area contributed by atoms with Gasteiger partial charge >= 0.3 is 0 Å². The number of ketones is 1. The van der Waals surface area contributed by atoms with Crippen molar-refractivity contribution in [3.05, 3.63) is 35.4 Å². The molecule has 1 aliphatic carbocycles. The fourth-order valence-corrected chi connectivity index (χ4v) is 2.79. The highest BCUT2D eigenvalue weighted by molar-refractivity contribution is 5.94. The number of benzene rings is 1. The van der Waals surface area contributed by atoms with E-state index in [2.05, 4.69) is 12.1 Å². The number of hydrogen-bond donors (Lipinski definition) is 0. The highest BCUT2D eigenvalue weighted by Crippen LogP contribution is 2.27. The number of hydrogen-bond acceptors (Lipinski definition) is 1. The maximum atomic E-state index is 11.3. The van der Waals surface area contributed by atoms with Crippen LogP contribution in [0, 0.1) is 5.92 Å². The van der Waals surface area contributed by atoms with E-state index >= 15 is 0 Å². The molecule has 1 heteroatoms. The van der Waals surface area contributed by atoms with Gasteiger partial charge in [0.1, 0.15) is 0 Å². The van der Waals surface area contributed by atoms with Crippen molar-refractivity contribution in [3.8, 4) is 0 Å². The second-order valence-electron chi connectivity index (χ2n) is 5.30. The standard InChI is InChI=1S/C16H22O/c1-13(17)16-9-5-8-15(12-16)11-10-14-6-3-2-4-7-14/h5,8-9,12,14H,2-4,6-7,10-11H2,1H3. The van der Waals surface area contributed by atoms with Crippen LogP contribution in [0.1, 0.15) is 61.4 Å². The summed E-state index contributed by atoms with van der Waals surface area (Å²) in [6.45, 7) is 1.64. The van der Waals surface area contributed by atoms with Crippen molar-refractivity contribution in [1.82, 2.24) is 0 Å². The molecule has 17 heavy (non-hydrogen) atoms. The number of Topliss-reactive ketones (excluding diaryl/α,β-unsaturated/α-hetero) is 1. The summed E-state index contributed by atoms with van der Waals surface area (Å²) in [6, 6.07) is 8.12. The largest absolute Gasteiger partial charge is 0.295 e. The lowest BCUT2D eigenvalue weighted by Crippen LogP contribution is -2.07. The molecule has 0 spiro atoms. The Bertz CT molecular complexity index is 375. The van der Waals surface area contributed by atoms with Gasteiger partial charge in [0, 0.05) is 5.56 Å². The first-order chi connectivity index (χ1) is 8.25. The zero-order chi connectivity index (χ0) is 12.1. The average Bonchev–Trinajstić information content (AvgIpc) is 2.38. The molecule has 0 saturated heterocycles. The second kappa shape index (κ2) is 6.00. The van der Waals surface area contributed by atoms with Gasteiger partial charge in [0.15, 0.2) is 5.78 Å². The van der Waals surface area contributed by atoms with E-state index in [0.717, 1.165) is 17.9 Å². The van der Waals surface area contributed by atoms with Crippen molar-refractivity contribution in [3.63, 3.8) is 0 Å².